The summed E-state index contributed by atoms with van der Waals surface area (Å²) in [4.78, 5) is 36.7. The van der Waals surface area contributed by atoms with Crippen molar-refractivity contribution in [1.29, 1.82) is 0 Å². The van der Waals surface area contributed by atoms with Crippen LogP contribution in [-0.2, 0) is 20.9 Å². The smallest absolute Gasteiger partial charge is 0.225 e. The maximum absolute atomic E-state index is 13.0. The summed E-state index contributed by atoms with van der Waals surface area (Å²) in [5.41, 5.74) is 0.897. The molecule has 2 saturated heterocycles. The molecular weight excluding hydrogens is 420 g/mol. The molecule has 2 aliphatic carbocycles. The highest BCUT2D eigenvalue weighted by Crippen LogP contribution is 2.43. The Balaban J connectivity index is 1.32. The molecule has 0 aromatic carbocycles. The Morgan fingerprint density at radius 3 is 2.42 bits per heavy atom. The first-order chi connectivity index (χ1) is 16.0. The van der Waals surface area contributed by atoms with Crippen molar-refractivity contribution >= 4 is 11.8 Å². The number of hydrogen-bond acceptors (Lipinski definition) is 6. The van der Waals surface area contributed by atoms with E-state index >= 15 is 0 Å². The molecular formula is C25H36N4O4. The maximum atomic E-state index is 13.0. The monoisotopic (exact) mass is 456 g/mol. The largest absolute Gasteiger partial charge is 0.495 e. The zero-order valence-corrected chi connectivity index (χ0v) is 20.0. The van der Waals surface area contributed by atoms with E-state index in [9.17, 15) is 9.59 Å². The lowest BCUT2D eigenvalue weighted by atomic mass is 9.84. The minimum atomic E-state index is -0.136. The van der Waals surface area contributed by atoms with E-state index in [2.05, 4.69) is 9.88 Å². The Bertz CT molecular complexity index is 887. The molecule has 5 rings (SSSR count). The van der Waals surface area contributed by atoms with Crippen molar-refractivity contribution in [3.8, 4) is 5.75 Å². The minimum Gasteiger partial charge on any atom is -0.495 e. The summed E-state index contributed by atoms with van der Waals surface area (Å²) in [6.07, 6.45) is 6.99. The van der Waals surface area contributed by atoms with Gasteiger partial charge in [0.1, 0.15) is 5.75 Å². The van der Waals surface area contributed by atoms with E-state index in [0.29, 0.717) is 38.1 Å². The summed E-state index contributed by atoms with van der Waals surface area (Å²) in [7, 11) is 5.51. The summed E-state index contributed by atoms with van der Waals surface area (Å²) in [6.45, 7) is 2.06. The number of methoxy groups -OCH3 is 1. The number of rotatable bonds is 9. The van der Waals surface area contributed by atoms with Crippen molar-refractivity contribution in [2.45, 2.75) is 69.3 Å². The van der Waals surface area contributed by atoms with Gasteiger partial charge in [-0.25, -0.2) is 0 Å². The first-order valence-corrected chi connectivity index (χ1v) is 12.3. The number of fused-ring (bicyclic) bond motifs is 1. The highest BCUT2D eigenvalue weighted by molar-refractivity contribution is 5.78. The normalized spacial score (nSPS) is 29.1. The molecule has 1 aromatic heterocycles. The van der Waals surface area contributed by atoms with Crippen LogP contribution in [0.4, 0.5) is 0 Å². The molecule has 0 N–H and O–H groups in total. The van der Waals surface area contributed by atoms with E-state index < -0.39 is 0 Å². The molecule has 8 nitrogen and oxygen atoms in total. The van der Waals surface area contributed by atoms with Gasteiger partial charge in [0.15, 0.2) is 0 Å². The van der Waals surface area contributed by atoms with Crippen molar-refractivity contribution in [2.24, 2.45) is 11.8 Å². The summed E-state index contributed by atoms with van der Waals surface area (Å²) in [5, 5.41) is 0. The first kappa shape index (κ1) is 22.6. The first-order valence-electron chi connectivity index (χ1n) is 12.3. The van der Waals surface area contributed by atoms with Gasteiger partial charge in [0.2, 0.25) is 11.8 Å². The molecule has 1 aromatic rings. The van der Waals surface area contributed by atoms with Crippen LogP contribution >= 0.6 is 0 Å². The van der Waals surface area contributed by atoms with E-state index in [1.807, 2.05) is 36.0 Å². The van der Waals surface area contributed by atoms with Gasteiger partial charge in [-0.1, -0.05) is 0 Å². The molecule has 2 aliphatic heterocycles. The van der Waals surface area contributed by atoms with Crippen LogP contribution < -0.4 is 4.74 Å². The van der Waals surface area contributed by atoms with Crippen molar-refractivity contribution in [3.63, 3.8) is 0 Å². The highest BCUT2D eigenvalue weighted by atomic mass is 16.5. The molecule has 4 aliphatic rings. The van der Waals surface area contributed by atoms with E-state index in [0.717, 1.165) is 43.7 Å². The molecule has 3 heterocycles. The van der Waals surface area contributed by atoms with Crippen molar-refractivity contribution in [2.75, 3.05) is 34.4 Å². The number of hydrogen-bond donors (Lipinski definition) is 0. The second kappa shape index (κ2) is 9.22. The van der Waals surface area contributed by atoms with Gasteiger partial charge in [-0.3, -0.25) is 19.5 Å². The zero-order chi connectivity index (χ0) is 23.1. The van der Waals surface area contributed by atoms with Gasteiger partial charge in [0.05, 0.1) is 31.9 Å². The summed E-state index contributed by atoms with van der Waals surface area (Å²) >= 11 is 0. The molecule has 33 heavy (non-hydrogen) atoms. The summed E-state index contributed by atoms with van der Waals surface area (Å²) in [5.74, 6) is 1.50. The van der Waals surface area contributed by atoms with Gasteiger partial charge >= 0.3 is 0 Å². The molecule has 0 bridgehead atoms. The van der Waals surface area contributed by atoms with Crippen LogP contribution in [0.2, 0.25) is 0 Å². The maximum Gasteiger partial charge on any atom is 0.225 e. The van der Waals surface area contributed by atoms with Gasteiger partial charge in [-0.15, -0.1) is 0 Å². The average Bonchev–Trinajstić information content (AvgIpc) is 3.74. The molecule has 180 valence electrons. The Morgan fingerprint density at radius 2 is 1.79 bits per heavy atom. The highest BCUT2D eigenvalue weighted by Gasteiger charge is 2.52. The third-order valence-corrected chi connectivity index (χ3v) is 8.05. The predicted molar refractivity (Wildman–Crippen MR) is 123 cm³/mol. The van der Waals surface area contributed by atoms with Crippen molar-refractivity contribution in [3.05, 3.63) is 24.0 Å². The average molecular weight is 457 g/mol. The lowest BCUT2D eigenvalue weighted by molar-refractivity contribution is -0.133. The fourth-order valence-corrected chi connectivity index (χ4v) is 5.73. The molecule has 0 spiro atoms. The second-order valence-corrected chi connectivity index (χ2v) is 10.2. The number of carbonyl (C=O) groups is 2. The Kier molecular flexibility index (Phi) is 6.31. The quantitative estimate of drug-likeness (QED) is 0.565. The van der Waals surface area contributed by atoms with E-state index in [-0.39, 0.29) is 35.8 Å². The van der Waals surface area contributed by atoms with Crippen LogP contribution in [0.1, 0.15) is 44.2 Å². The second-order valence-electron chi connectivity index (χ2n) is 10.2. The van der Waals surface area contributed by atoms with Gasteiger partial charge in [-0.2, -0.15) is 0 Å². The molecule has 4 atom stereocenters. The van der Waals surface area contributed by atoms with Crippen molar-refractivity contribution in [1.82, 2.24) is 19.7 Å². The van der Waals surface area contributed by atoms with Gasteiger partial charge in [0, 0.05) is 63.8 Å². The molecule has 2 amide bonds. The van der Waals surface area contributed by atoms with Crippen molar-refractivity contribution < 1.29 is 19.1 Å². The lowest BCUT2D eigenvalue weighted by Gasteiger charge is -2.26. The summed E-state index contributed by atoms with van der Waals surface area (Å²) in [6, 6.07) is 4.80. The van der Waals surface area contributed by atoms with Crippen LogP contribution in [0.5, 0.6) is 5.75 Å². The van der Waals surface area contributed by atoms with Gasteiger partial charge in [-0.05, 0) is 43.7 Å². The Morgan fingerprint density at radius 1 is 1.12 bits per heavy atom. The standard InChI is InChI=1S/C25H36N4O4/c1-27(17-6-7-17)23(30)11-16-13-29(14-19-21(32-3)5-4-10-26-19)20-15-33-22(25(16)20)12-24(31)28(2)18-8-9-18/h4-5,10,16-18,20,22,25H,6-9,11-15H2,1-3H3/t16-,20-,22+,25-/m1/s1. The lowest BCUT2D eigenvalue weighted by Crippen LogP contribution is -2.37. The molecule has 4 fully saturated rings. The van der Waals surface area contributed by atoms with Crippen LogP contribution in [0.25, 0.3) is 0 Å². The van der Waals surface area contributed by atoms with Gasteiger partial charge < -0.3 is 19.3 Å². The fraction of sp³-hybridized carbons (Fsp3) is 0.720. The van der Waals surface area contributed by atoms with E-state index in [1.54, 1.807) is 13.3 Å². The zero-order valence-electron chi connectivity index (χ0n) is 20.0. The predicted octanol–water partition coefficient (Wildman–Crippen LogP) is 1.93. The van der Waals surface area contributed by atoms with Crippen LogP contribution in [0.3, 0.4) is 0 Å². The van der Waals surface area contributed by atoms with E-state index in [4.69, 9.17) is 9.47 Å². The van der Waals surface area contributed by atoms with Gasteiger partial charge in [0.25, 0.3) is 0 Å². The van der Waals surface area contributed by atoms with Crippen LogP contribution in [0.15, 0.2) is 18.3 Å². The van der Waals surface area contributed by atoms with E-state index in [1.165, 1.54) is 0 Å². The number of pyridine rings is 1. The number of likely N-dealkylation sites (tertiary alicyclic amines) is 1. The van der Waals surface area contributed by atoms with Crippen LogP contribution in [0, 0.1) is 11.8 Å². The molecule has 0 unspecified atom stereocenters. The fourth-order valence-electron chi connectivity index (χ4n) is 5.73. The Hall–Kier alpha value is -2.19. The molecule has 0 radical (unpaired) electrons. The number of carbonyl (C=O) groups excluding carboxylic acids is 2. The number of amides is 2. The Labute approximate surface area is 196 Å². The topological polar surface area (TPSA) is 75.2 Å². The third kappa shape index (κ3) is 4.73. The SMILES string of the molecule is COc1cccnc1CN1C[C@@H](CC(=O)N(C)C2CC2)[C@H]2[C@H](CC(=O)N(C)C3CC3)OC[C@H]21. The third-order valence-electron chi connectivity index (χ3n) is 8.05. The number of nitrogens with zero attached hydrogens (tertiary/aromatic N) is 4. The molecule has 8 heteroatoms. The minimum absolute atomic E-state index is 0.136. The summed E-state index contributed by atoms with van der Waals surface area (Å²) < 4.78 is 11.8. The number of aromatic nitrogens is 1. The molecule has 2 saturated carbocycles. The number of ether oxygens (including phenoxy) is 2. The van der Waals surface area contributed by atoms with Crippen LogP contribution in [-0.4, -0.2) is 90.1 Å².